The smallest absolute Gasteiger partial charge is 0.307 e. The molecule has 0 spiro atoms. The molecule has 2 atom stereocenters. The lowest BCUT2D eigenvalue weighted by Gasteiger charge is -2.10. The second kappa shape index (κ2) is 4.84. The van der Waals surface area contributed by atoms with E-state index in [1.165, 1.54) is 12.1 Å². The summed E-state index contributed by atoms with van der Waals surface area (Å²) in [6.07, 6.45) is 1.05. The number of nitrogens with one attached hydrogen (secondary N) is 1. The number of para-hydroxylation sites is 1. The topological polar surface area (TPSA) is 101 Å². The molecule has 2 rings (SSSR count). The number of anilines is 1. The first-order valence-corrected chi connectivity index (χ1v) is 8.28. The molecule has 1 saturated carbocycles. The van der Waals surface area contributed by atoms with Gasteiger partial charge in [0.15, 0.2) is 9.84 Å². The van der Waals surface area contributed by atoms with Crippen LogP contribution in [0.25, 0.3) is 0 Å². The number of hydrogen-bond acceptors (Lipinski definition) is 4. The lowest BCUT2D eigenvalue weighted by molar-refractivity contribution is -0.140. The molecular formula is C14H17NO5S. The molecule has 21 heavy (non-hydrogen) atoms. The maximum Gasteiger partial charge on any atom is 0.307 e. The van der Waals surface area contributed by atoms with Gasteiger partial charge in [0.1, 0.15) is 0 Å². The third kappa shape index (κ3) is 2.78. The van der Waals surface area contributed by atoms with E-state index >= 15 is 0 Å². The molecule has 0 bridgehead atoms. The second-order valence-corrected chi connectivity index (χ2v) is 7.86. The highest BCUT2D eigenvalue weighted by atomic mass is 32.2. The van der Waals surface area contributed by atoms with E-state index in [4.69, 9.17) is 5.11 Å². The number of amides is 1. The molecule has 1 fully saturated rings. The molecule has 1 aliphatic carbocycles. The highest BCUT2D eigenvalue weighted by Crippen LogP contribution is 2.58. The van der Waals surface area contributed by atoms with Crippen molar-refractivity contribution in [1.82, 2.24) is 0 Å². The van der Waals surface area contributed by atoms with Crippen LogP contribution in [0.5, 0.6) is 0 Å². The zero-order valence-corrected chi connectivity index (χ0v) is 12.8. The summed E-state index contributed by atoms with van der Waals surface area (Å²) < 4.78 is 23.4. The predicted octanol–water partition coefficient (Wildman–Crippen LogP) is 1.39. The van der Waals surface area contributed by atoms with Crippen LogP contribution in [-0.2, 0) is 19.4 Å². The van der Waals surface area contributed by atoms with E-state index in [2.05, 4.69) is 5.32 Å². The van der Waals surface area contributed by atoms with Crippen molar-refractivity contribution in [2.75, 3.05) is 11.6 Å². The van der Waals surface area contributed by atoms with Gasteiger partial charge >= 0.3 is 5.97 Å². The molecule has 1 aromatic rings. The average Bonchev–Trinajstić information content (AvgIpc) is 2.92. The molecule has 1 aromatic carbocycles. The first-order valence-electron chi connectivity index (χ1n) is 6.39. The molecule has 1 aliphatic rings. The summed E-state index contributed by atoms with van der Waals surface area (Å²) in [4.78, 5) is 23.3. The van der Waals surface area contributed by atoms with Crippen LogP contribution in [0.2, 0.25) is 0 Å². The van der Waals surface area contributed by atoms with Crippen LogP contribution in [0.3, 0.4) is 0 Å². The summed E-state index contributed by atoms with van der Waals surface area (Å²) >= 11 is 0. The molecule has 1 amide bonds. The zero-order valence-electron chi connectivity index (χ0n) is 12.0. The molecule has 0 radical (unpaired) electrons. The predicted molar refractivity (Wildman–Crippen MR) is 76.6 cm³/mol. The van der Waals surface area contributed by atoms with E-state index in [0.717, 1.165) is 6.26 Å². The van der Waals surface area contributed by atoms with Crippen molar-refractivity contribution in [1.29, 1.82) is 0 Å². The Labute approximate surface area is 123 Å². The number of benzene rings is 1. The number of sulfone groups is 1. The van der Waals surface area contributed by atoms with Crippen molar-refractivity contribution in [3.8, 4) is 0 Å². The van der Waals surface area contributed by atoms with Crippen molar-refractivity contribution < 1.29 is 23.1 Å². The van der Waals surface area contributed by atoms with Crippen LogP contribution in [0.4, 0.5) is 5.69 Å². The van der Waals surface area contributed by atoms with Crippen LogP contribution in [0.1, 0.15) is 13.8 Å². The normalized spacial score (nSPS) is 23.4. The van der Waals surface area contributed by atoms with Crippen LogP contribution < -0.4 is 5.32 Å². The number of aliphatic carboxylic acids is 1. The lowest BCUT2D eigenvalue weighted by atomic mass is 10.1. The fourth-order valence-electron chi connectivity index (χ4n) is 2.69. The van der Waals surface area contributed by atoms with Crippen molar-refractivity contribution >= 4 is 27.4 Å². The SMILES string of the molecule is CC1(C)C(C(=O)O)C1C(=O)Nc1ccccc1S(C)(=O)=O. The maximum atomic E-state index is 12.2. The fraction of sp³-hybridized carbons (Fsp3) is 0.429. The lowest BCUT2D eigenvalue weighted by Crippen LogP contribution is -2.19. The Bertz CT molecular complexity index is 708. The molecule has 0 heterocycles. The van der Waals surface area contributed by atoms with Gasteiger partial charge in [-0.15, -0.1) is 0 Å². The average molecular weight is 311 g/mol. The van der Waals surface area contributed by atoms with E-state index < -0.39 is 39.0 Å². The van der Waals surface area contributed by atoms with Crippen LogP contribution >= 0.6 is 0 Å². The van der Waals surface area contributed by atoms with E-state index in [1.807, 2.05) is 0 Å². The summed E-state index contributed by atoms with van der Waals surface area (Å²) in [6.45, 7) is 3.41. The summed E-state index contributed by atoms with van der Waals surface area (Å²) in [5.74, 6) is -2.90. The number of carboxylic acids is 1. The number of carboxylic acid groups (broad SMARTS) is 1. The highest BCUT2D eigenvalue weighted by molar-refractivity contribution is 7.90. The zero-order chi connectivity index (χ0) is 16.0. The Hall–Kier alpha value is -1.89. The Morgan fingerprint density at radius 2 is 1.76 bits per heavy atom. The van der Waals surface area contributed by atoms with Gasteiger partial charge in [0.2, 0.25) is 5.91 Å². The first-order chi connectivity index (χ1) is 9.56. The van der Waals surface area contributed by atoms with Gasteiger partial charge in [-0.3, -0.25) is 9.59 Å². The van der Waals surface area contributed by atoms with Crippen molar-refractivity contribution in [2.24, 2.45) is 17.3 Å². The molecule has 114 valence electrons. The monoisotopic (exact) mass is 311 g/mol. The van der Waals surface area contributed by atoms with Crippen molar-refractivity contribution in [3.05, 3.63) is 24.3 Å². The molecule has 7 heteroatoms. The van der Waals surface area contributed by atoms with Crippen LogP contribution in [0.15, 0.2) is 29.2 Å². The number of rotatable bonds is 4. The van der Waals surface area contributed by atoms with E-state index in [9.17, 15) is 18.0 Å². The maximum absolute atomic E-state index is 12.2. The molecule has 2 unspecified atom stereocenters. The molecule has 0 aromatic heterocycles. The van der Waals surface area contributed by atoms with Gasteiger partial charge in [-0.1, -0.05) is 26.0 Å². The Kier molecular flexibility index (Phi) is 3.57. The fourth-order valence-corrected chi connectivity index (χ4v) is 3.54. The van der Waals surface area contributed by atoms with E-state index in [0.29, 0.717) is 0 Å². The van der Waals surface area contributed by atoms with Crippen LogP contribution in [-0.4, -0.2) is 31.7 Å². The Balaban J connectivity index is 2.25. The highest BCUT2D eigenvalue weighted by Gasteiger charge is 2.65. The Morgan fingerprint density at radius 1 is 1.19 bits per heavy atom. The Morgan fingerprint density at radius 3 is 2.24 bits per heavy atom. The van der Waals surface area contributed by atoms with Gasteiger partial charge in [-0.05, 0) is 17.5 Å². The standard InChI is InChI=1S/C14H17NO5S/c1-14(2)10(11(14)13(17)18)12(16)15-8-6-4-5-7-9(8)21(3,19)20/h4-7,10-11H,1-3H3,(H,15,16)(H,17,18). The van der Waals surface area contributed by atoms with E-state index in [1.54, 1.807) is 26.0 Å². The molecular weight excluding hydrogens is 294 g/mol. The second-order valence-electron chi connectivity index (χ2n) is 5.87. The largest absolute Gasteiger partial charge is 0.481 e. The van der Waals surface area contributed by atoms with Gasteiger partial charge < -0.3 is 10.4 Å². The van der Waals surface area contributed by atoms with E-state index in [-0.39, 0.29) is 10.6 Å². The van der Waals surface area contributed by atoms with Crippen molar-refractivity contribution in [3.63, 3.8) is 0 Å². The third-order valence-corrected chi connectivity index (χ3v) is 5.08. The number of hydrogen-bond donors (Lipinski definition) is 2. The number of carbonyl (C=O) groups is 2. The van der Waals surface area contributed by atoms with Gasteiger partial charge in [-0.2, -0.15) is 0 Å². The van der Waals surface area contributed by atoms with Gasteiger partial charge in [0.05, 0.1) is 22.4 Å². The summed E-state index contributed by atoms with van der Waals surface area (Å²) in [7, 11) is -3.47. The summed E-state index contributed by atoms with van der Waals surface area (Å²) in [5, 5.41) is 11.6. The minimum Gasteiger partial charge on any atom is -0.481 e. The minimum atomic E-state index is -3.47. The molecule has 0 saturated heterocycles. The first kappa shape index (κ1) is 15.5. The van der Waals surface area contributed by atoms with Gasteiger partial charge in [0, 0.05) is 6.26 Å². The summed E-state index contributed by atoms with van der Waals surface area (Å²) in [5.41, 5.74) is -0.451. The van der Waals surface area contributed by atoms with Crippen molar-refractivity contribution in [2.45, 2.75) is 18.7 Å². The molecule has 2 N–H and O–H groups in total. The van der Waals surface area contributed by atoms with Gasteiger partial charge in [0.25, 0.3) is 0 Å². The number of carbonyl (C=O) groups excluding carboxylic acids is 1. The van der Waals surface area contributed by atoms with Gasteiger partial charge in [-0.25, -0.2) is 8.42 Å². The quantitative estimate of drug-likeness (QED) is 0.875. The molecule has 6 nitrogen and oxygen atoms in total. The third-order valence-electron chi connectivity index (χ3n) is 3.92. The molecule has 0 aliphatic heterocycles. The minimum absolute atomic E-state index is 0.0173. The summed E-state index contributed by atoms with van der Waals surface area (Å²) in [6, 6.07) is 6.06. The van der Waals surface area contributed by atoms with Crippen LogP contribution in [0, 0.1) is 17.3 Å².